The normalized spacial score (nSPS) is 19.3. The monoisotopic (exact) mass is 525 g/mol. The molecule has 194 valence electrons. The molecule has 0 aliphatic carbocycles. The van der Waals surface area contributed by atoms with Crippen molar-refractivity contribution in [1.29, 1.82) is 0 Å². The molecule has 2 aliphatic heterocycles. The molecule has 2 aliphatic rings. The number of ether oxygens (including phenoxy) is 1. The van der Waals surface area contributed by atoms with Gasteiger partial charge in [0.1, 0.15) is 17.3 Å². The van der Waals surface area contributed by atoms with E-state index in [-0.39, 0.29) is 11.3 Å². The minimum Gasteiger partial charge on any atom is -0.543 e. The fourth-order valence-corrected chi connectivity index (χ4v) is 6.09. The van der Waals surface area contributed by atoms with E-state index in [1.54, 1.807) is 11.8 Å². The van der Waals surface area contributed by atoms with Gasteiger partial charge in [0.05, 0.1) is 11.2 Å². The molecule has 2 saturated heterocycles. The Hall–Kier alpha value is -2.10. The second kappa shape index (κ2) is 9.98. The molecule has 1 aromatic carbocycles. The van der Waals surface area contributed by atoms with E-state index < -0.39 is 8.32 Å². The molecule has 0 N–H and O–H groups in total. The van der Waals surface area contributed by atoms with E-state index in [1.807, 2.05) is 6.26 Å². The van der Waals surface area contributed by atoms with Gasteiger partial charge in [-0.2, -0.15) is 5.10 Å². The van der Waals surface area contributed by atoms with Crippen molar-refractivity contribution in [3.8, 4) is 17.1 Å². The van der Waals surface area contributed by atoms with E-state index in [0.717, 1.165) is 78.0 Å². The molecule has 1 unspecified atom stereocenters. The molecule has 3 aromatic rings. The van der Waals surface area contributed by atoms with E-state index in [0.29, 0.717) is 0 Å². The Morgan fingerprint density at radius 1 is 1.06 bits per heavy atom. The zero-order valence-corrected chi connectivity index (χ0v) is 24.3. The molecular formula is C27H39N5O2SSi. The minimum atomic E-state index is -1.98. The lowest BCUT2D eigenvalue weighted by molar-refractivity contribution is -0.0365. The van der Waals surface area contributed by atoms with Gasteiger partial charge in [-0.15, -0.1) is 0 Å². The summed E-state index contributed by atoms with van der Waals surface area (Å²) >= 11 is 1.58. The fourth-order valence-electron chi connectivity index (χ4n) is 4.69. The summed E-state index contributed by atoms with van der Waals surface area (Å²) in [5.74, 6) is 1.89. The van der Waals surface area contributed by atoms with Crippen LogP contribution in [0.25, 0.3) is 22.3 Å². The lowest BCUT2D eigenvalue weighted by atomic mass is 10.1. The molecule has 7 nitrogen and oxygen atoms in total. The smallest absolute Gasteiger partial charge is 0.250 e. The van der Waals surface area contributed by atoms with Gasteiger partial charge < -0.3 is 14.1 Å². The third-order valence-electron chi connectivity index (χ3n) is 7.83. The highest BCUT2D eigenvalue weighted by Crippen LogP contribution is 2.40. The topological polar surface area (TPSA) is 65.3 Å². The Balaban J connectivity index is 1.64. The number of benzene rings is 1. The highest BCUT2D eigenvalue weighted by atomic mass is 32.2. The van der Waals surface area contributed by atoms with Gasteiger partial charge in [-0.05, 0) is 74.7 Å². The SMILES string of the molecule is CSc1nc(-c2nn(C3CCCCO3)c3ccc(O[Si](C)(C)C(C)(C)C)cc23)cc(N2CCCC2)n1. The maximum Gasteiger partial charge on any atom is 0.250 e. The molecule has 1 atom stereocenters. The maximum absolute atomic E-state index is 6.70. The lowest BCUT2D eigenvalue weighted by Gasteiger charge is -2.36. The van der Waals surface area contributed by atoms with Crippen molar-refractivity contribution in [2.24, 2.45) is 0 Å². The van der Waals surface area contributed by atoms with Crippen molar-refractivity contribution in [1.82, 2.24) is 19.7 Å². The Bertz CT molecular complexity index is 1230. The number of anilines is 1. The molecular weight excluding hydrogens is 486 g/mol. The van der Waals surface area contributed by atoms with Crippen LogP contribution in [0.4, 0.5) is 5.82 Å². The van der Waals surface area contributed by atoms with Crippen LogP contribution in [0.2, 0.25) is 18.1 Å². The molecule has 0 spiro atoms. The Labute approximate surface area is 220 Å². The fraction of sp³-hybridized carbons (Fsp3) is 0.593. The summed E-state index contributed by atoms with van der Waals surface area (Å²) in [6, 6.07) is 8.51. The largest absolute Gasteiger partial charge is 0.543 e. The Morgan fingerprint density at radius 3 is 2.50 bits per heavy atom. The molecule has 2 aromatic heterocycles. The zero-order valence-electron chi connectivity index (χ0n) is 22.5. The van der Waals surface area contributed by atoms with Crippen LogP contribution in [0.5, 0.6) is 5.75 Å². The second-order valence-electron chi connectivity index (χ2n) is 11.4. The summed E-state index contributed by atoms with van der Waals surface area (Å²) in [5, 5.41) is 7.09. The van der Waals surface area contributed by atoms with E-state index in [4.69, 9.17) is 24.2 Å². The van der Waals surface area contributed by atoms with Crippen LogP contribution < -0.4 is 9.33 Å². The second-order valence-corrected chi connectivity index (χ2v) is 16.9. The van der Waals surface area contributed by atoms with Crippen molar-refractivity contribution in [2.45, 2.75) is 82.4 Å². The molecule has 0 radical (unpaired) electrons. The summed E-state index contributed by atoms with van der Waals surface area (Å²) < 4.78 is 14.9. The minimum absolute atomic E-state index is 0.0536. The third-order valence-corrected chi connectivity index (χ3v) is 12.7. The number of fused-ring (bicyclic) bond motifs is 1. The predicted molar refractivity (Wildman–Crippen MR) is 151 cm³/mol. The standard InChI is InChI=1S/C27H39N5O2SSi/c1-27(2,3)36(5,6)34-19-12-13-22-20(17-19)25(30-32(22)24-11-7-10-16-33-24)21-18-23(29-26(28-21)35-4)31-14-8-9-15-31/h12-13,17-18,24H,7-11,14-16H2,1-6H3. The molecule has 5 rings (SSSR count). The van der Waals surface area contributed by atoms with Gasteiger partial charge in [0, 0.05) is 31.1 Å². The van der Waals surface area contributed by atoms with Gasteiger partial charge in [-0.25, -0.2) is 14.6 Å². The summed E-state index contributed by atoms with van der Waals surface area (Å²) in [7, 11) is -1.98. The van der Waals surface area contributed by atoms with E-state index in [9.17, 15) is 0 Å². The average Bonchev–Trinajstić information content (AvgIpc) is 3.52. The van der Waals surface area contributed by atoms with E-state index in [2.05, 4.69) is 67.7 Å². The predicted octanol–water partition coefficient (Wildman–Crippen LogP) is 6.90. The number of hydrogen-bond acceptors (Lipinski definition) is 7. The van der Waals surface area contributed by atoms with Crippen molar-refractivity contribution in [3.63, 3.8) is 0 Å². The first kappa shape index (κ1) is 25.5. The Kier molecular flexibility index (Phi) is 7.08. The summed E-state index contributed by atoms with van der Waals surface area (Å²) in [5.41, 5.74) is 2.80. The van der Waals surface area contributed by atoms with Gasteiger partial charge in [0.2, 0.25) is 8.32 Å². The van der Waals surface area contributed by atoms with Gasteiger partial charge in [0.25, 0.3) is 0 Å². The van der Waals surface area contributed by atoms with Crippen LogP contribution in [0.3, 0.4) is 0 Å². The molecule has 0 saturated carbocycles. The van der Waals surface area contributed by atoms with Gasteiger partial charge in [-0.3, -0.25) is 0 Å². The highest BCUT2D eigenvalue weighted by Gasteiger charge is 2.39. The first-order valence-corrected chi connectivity index (χ1v) is 17.3. The number of hydrogen-bond donors (Lipinski definition) is 0. The third kappa shape index (κ3) is 5.02. The van der Waals surface area contributed by atoms with E-state index in [1.165, 1.54) is 12.8 Å². The first-order chi connectivity index (χ1) is 17.2. The lowest BCUT2D eigenvalue weighted by Crippen LogP contribution is -2.43. The average molecular weight is 526 g/mol. The highest BCUT2D eigenvalue weighted by molar-refractivity contribution is 7.98. The van der Waals surface area contributed by atoms with Crippen LogP contribution in [-0.2, 0) is 4.74 Å². The van der Waals surface area contributed by atoms with Crippen molar-refractivity contribution in [2.75, 3.05) is 30.9 Å². The quantitative estimate of drug-likeness (QED) is 0.197. The van der Waals surface area contributed by atoms with Crippen LogP contribution in [-0.4, -0.2) is 54.0 Å². The summed E-state index contributed by atoms with van der Waals surface area (Å²) in [6.07, 6.45) is 7.62. The van der Waals surface area contributed by atoms with Crippen LogP contribution in [0.15, 0.2) is 29.4 Å². The molecule has 2 fully saturated rings. The molecule has 36 heavy (non-hydrogen) atoms. The van der Waals surface area contributed by atoms with Crippen LogP contribution in [0.1, 0.15) is 59.1 Å². The number of rotatable bonds is 6. The molecule has 9 heteroatoms. The van der Waals surface area contributed by atoms with E-state index >= 15 is 0 Å². The van der Waals surface area contributed by atoms with Crippen molar-refractivity contribution in [3.05, 3.63) is 24.3 Å². The van der Waals surface area contributed by atoms with Crippen molar-refractivity contribution >= 4 is 36.8 Å². The first-order valence-electron chi connectivity index (χ1n) is 13.2. The van der Waals surface area contributed by atoms with Gasteiger partial charge in [0.15, 0.2) is 11.4 Å². The molecule has 0 amide bonds. The van der Waals surface area contributed by atoms with Gasteiger partial charge >= 0.3 is 0 Å². The summed E-state index contributed by atoms with van der Waals surface area (Å²) in [4.78, 5) is 12.1. The zero-order chi connectivity index (χ0) is 25.5. The van der Waals surface area contributed by atoms with Crippen LogP contribution >= 0.6 is 11.8 Å². The van der Waals surface area contributed by atoms with Gasteiger partial charge in [-0.1, -0.05) is 32.5 Å². The summed E-state index contributed by atoms with van der Waals surface area (Å²) in [6.45, 7) is 14.2. The van der Waals surface area contributed by atoms with Crippen molar-refractivity contribution < 1.29 is 9.16 Å². The Morgan fingerprint density at radius 2 is 1.83 bits per heavy atom. The number of aromatic nitrogens is 4. The van der Waals surface area contributed by atoms with Crippen LogP contribution in [0, 0.1) is 0 Å². The molecule has 0 bridgehead atoms. The maximum atomic E-state index is 6.70. The number of thioether (sulfide) groups is 1. The number of nitrogens with zero attached hydrogens (tertiary/aromatic N) is 5. The molecule has 4 heterocycles.